The Hall–Kier alpha value is -2.14. The van der Waals surface area contributed by atoms with Crippen LogP contribution in [0.1, 0.15) is 54.1 Å². The van der Waals surface area contributed by atoms with E-state index in [0.717, 1.165) is 38.9 Å². The van der Waals surface area contributed by atoms with E-state index in [2.05, 4.69) is 53.3 Å². The van der Waals surface area contributed by atoms with E-state index in [1.807, 2.05) is 0 Å². The van der Waals surface area contributed by atoms with E-state index < -0.39 is 0 Å². The maximum Gasteiger partial charge on any atom is 0.273 e. The molecule has 1 N–H and O–H groups in total. The molecule has 1 aliphatic heterocycles. The van der Waals surface area contributed by atoms with Crippen molar-refractivity contribution in [1.82, 2.24) is 15.2 Å². The first-order valence-corrected chi connectivity index (χ1v) is 9.52. The predicted octanol–water partition coefficient (Wildman–Crippen LogP) is 3.58. The van der Waals surface area contributed by atoms with Gasteiger partial charge in [-0.1, -0.05) is 38.1 Å². The number of nitrogens with zero attached hydrogens (tertiary/aromatic N) is 2. The normalized spacial score (nSPS) is 18.2. The molecular weight excluding hydrogens is 326 g/mol. The third-order valence-electron chi connectivity index (χ3n) is 4.87. The number of oxazole rings is 1. The number of nitrogens with one attached hydrogen (secondary N) is 1. The Labute approximate surface area is 155 Å². The number of hydrogen-bond donors (Lipinski definition) is 1. The molecule has 1 aliphatic rings. The Bertz CT molecular complexity index is 721. The van der Waals surface area contributed by atoms with Crippen molar-refractivity contribution in [1.29, 1.82) is 0 Å². The van der Waals surface area contributed by atoms with E-state index in [1.54, 1.807) is 6.92 Å². The van der Waals surface area contributed by atoms with Gasteiger partial charge >= 0.3 is 0 Å². The van der Waals surface area contributed by atoms with Gasteiger partial charge in [0.15, 0.2) is 12.1 Å². The minimum atomic E-state index is -0.138. The lowest BCUT2D eigenvalue weighted by Crippen LogP contribution is -2.47. The summed E-state index contributed by atoms with van der Waals surface area (Å²) in [6.45, 7) is 9.13. The fourth-order valence-corrected chi connectivity index (χ4v) is 3.60. The van der Waals surface area contributed by atoms with Crippen LogP contribution in [-0.4, -0.2) is 34.9 Å². The van der Waals surface area contributed by atoms with Gasteiger partial charge in [0.05, 0.1) is 0 Å². The first-order chi connectivity index (χ1) is 12.5. The van der Waals surface area contributed by atoms with Crippen molar-refractivity contribution < 1.29 is 9.21 Å². The van der Waals surface area contributed by atoms with Gasteiger partial charge in [0, 0.05) is 19.1 Å². The molecule has 2 heterocycles. The Kier molecular flexibility index (Phi) is 6.09. The quantitative estimate of drug-likeness (QED) is 0.860. The summed E-state index contributed by atoms with van der Waals surface area (Å²) in [6.07, 6.45) is 4.54. The summed E-state index contributed by atoms with van der Waals surface area (Å²) in [4.78, 5) is 18.8. The number of carbonyl (C=O) groups excluding carboxylic acids is 1. The van der Waals surface area contributed by atoms with Crippen molar-refractivity contribution >= 4 is 5.91 Å². The van der Waals surface area contributed by atoms with Gasteiger partial charge in [-0.25, -0.2) is 4.98 Å². The van der Waals surface area contributed by atoms with Crippen LogP contribution in [0.15, 0.2) is 35.1 Å². The van der Waals surface area contributed by atoms with E-state index in [9.17, 15) is 4.79 Å². The molecule has 1 atom stereocenters. The number of amides is 1. The highest BCUT2D eigenvalue weighted by Gasteiger charge is 2.23. The van der Waals surface area contributed by atoms with Gasteiger partial charge in [-0.3, -0.25) is 9.69 Å². The Balaban J connectivity index is 1.53. The maximum atomic E-state index is 12.3. The van der Waals surface area contributed by atoms with Gasteiger partial charge in [0.25, 0.3) is 5.91 Å². The molecule has 0 radical (unpaired) electrons. The second kappa shape index (κ2) is 8.49. The minimum Gasteiger partial charge on any atom is -0.448 e. The molecule has 1 fully saturated rings. The van der Waals surface area contributed by atoms with Crippen molar-refractivity contribution in [3.63, 3.8) is 0 Å². The summed E-state index contributed by atoms with van der Waals surface area (Å²) in [7, 11) is 0. The second-order valence-corrected chi connectivity index (χ2v) is 7.72. The van der Waals surface area contributed by atoms with Crippen LogP contribution < -0.4 is 5.32 Å². The number of piperidine rings is 1. The topological polar surface area (TPSA) is 58.4 Å². The molecule has 1 unspecified atom stereocenters. The Morgan fingerprint density at radius 1 is 1.31 bits per heavy atom. The van der Waals surface area contributed by atoms with Crippen molar-refractivity contribution in [3.8, 4) is 0 Å². The first kappa shape index (κ1) is 18.6. The average molecular weight is 355 g/mol. The van der Waals surface area contributed by atoms with Crippen LogP contribution in [0.2, 0.25) is 0 Å². The standard InChI is InChI=1S/C21H29N3O2/c1-15(2)11-17-6-8-18(9-7-17)12-24-10-4-5-19(13-24)23-21(25)20-16(3)26-14-22-20/h6-9,14-15,19H,4-5,10-13H2,1-3H3,(H,23,25). The molecule has 1 aromatic heterocycles. The van der Waals surface area contributed by atoms with Gasteiger partial charge in [0.2, 0.25) is 0 Å². The van der Waals surface area contributed by atoms with Gasteiger partial charge in [-0.05, 0) is 49.8 Å². The van der Waals surface area contributed by atoms with Gasteiger partial charge in [0.1, 0.15) is 5.76 Å². The van der Waals surface area contributed by atoms with Crippen molar-refractivity contribution in [2.45, 2.75) is 52.6 Å². The largest absolute Gasteiger partial charge is 0.448 e. The molecule has 5 nitrogen and oxygen atoms in total. The molecule has 3 rings (SSSR count). The molecule has 0 bridgehead atoms. The molecule has 1 aromatic carbocycles. The minimum absolute atomic E-state index is 0.138. The predicted molar refractivity (Wildman–Crippen MR) is 102 cm³/mol. The molecule has 2 aromatic rings. The smallest absolute Gasteiger partial charge is 0.273 e. The summed E-state index contributed by atoms with van der Waals surface area (Å²) < 4.78 is 5.13. The average Bonchev–Trinajstić information content (AvgIpc) is 3.03. The third-order valence-corrected chi connectivity index (χ3v) is 4.87. The number of benzene rings is 1. The molecule has 140 valence electrons. The van der Waals surface area contributed by atoms with Crippen LogP contribution >= 0.6 is 0 Å². The van der Waals surface area contributed by atoms with Crippen LogP contribution in [0.4, 0.5) is 0 Å². The molecule has 26 heavy (non-hydrogen) atoms. The lowest BCUT2D eigenvalue weighted by Gasteiger charge is -2.33. The molecule has 0 aliphatic carbocycles. The maximum absolute atomic E-state index is 12.3. The zero-order valence-corrected chi connectivity index (χ0v) is 16.0. The second-order valence-electron chi connectivity index (χ2n) is 7.72. The summed E-state index contributed by atoms with van der Waals surface area (Å²) in [5.74, 6) is 1.11. The van der Waals surface area contributed by atoms with Crippen LogP contribution in [0.3, 0.4) is 0 Å². The highest BCUT2D eigenvalue weighted by Crippen LogP contribution is 2.16. The summed E-state index contributed by atoms with van der Waals surface area (Å²) in [6, 6.07) is 9.11. The van der Waals surface area contributed by atoms with Crippen LogP contribution in [0.25, 0.3) is 0 Å². The molecule has 1 amide bonds. The van der Waals surface area contributed by atoms with E-state index in [0.29, 0.717) is 17.4 Å². The number of aryl methyl sites for hydroxylation is 1. The molecule has 1 saturated heterocycles. The molecule has 5 heteroatoms. The fraction of sp³-hybridized carbons (Fsp3) is 0.524. The summed E-state index contributed by atoms with van der Waals surface area (Å²) in [5.41, 5.74) is 3.12. The number of hydrogen-bond acceptors (Lipinski definition) is 4. The monoisotopic (exact) mass is 355 g/mol. The van der Waals surface area contributed by atoms with Gasteiger partial charge < -0.3 is 9.73 Å². The van der Waals surface area contributed by atoms with E-state index in [-0.39, 0.29) is 11.9 Å². The van der Waals surface area contributed by atoms with Crippen LogP contribution in [-0.2, 0) is 13.0 Å². The molecular formula is C21H29N3O2. The SMILES string of the molecule is Cc1ocnc1C(=O)NC1CCCN(Cc2ccc(CC(C)C)cc2)C1. The third kappa shape index (κ3) is 4.94. The Morgan fingerprint density at radius 2 is 2.04 bits per heavy atom. The van der Waals surface area contributed by atoms with E-state index in [4.69, 9.17) is 4.42 Å². The van der Waals surface area contributed by atoms with E-state index >= 15 is 0 Å². The molecule has 0 spiro atoms. The van der Waals surface area contributed by atoms with Crippen molar-refractivity contribution in [3.05, 3.63) is 53.2 Å². The number of rotatable bonds is 6. The summed E-state index contributed by atoms with van der Waals surface area (Å²) >= 11 is 0. The zero-order chi connectivity index (χ0) is 18.5. The lowest BCUT2D eigenvalue weighted by atomic mass is 10.0. The highest BCUT2D eigenvalue weighted by atomic mass is 16.3. The van der Waals surface area contributed by atoms with Crippen LogP contribution in [0.5, 0.6) is 0 Å². The Morgan fingerprint density at radius 3 is 2.69 bits per heavy atom. The van der Waals surface area contributed by atoms with Crippen LogP contribution in [0, 0.1) is 12.8 Å². The van der Waals surface area contributed by atoms with Crippen molar-refractivity contribution in [2.24, 2.45) is 5.92 Å². The lowest BCUT2D eigenvalue weighted by molar-refractivity contribution is 0.0895. The number of aromatic nitrogens is 1. The number of carbonyl (C=O) groups is 1. The highest BCUT2D eigenvalue weighted by molar-refractivity contribution is 5.93. The van der Waals surface area contributed by atoms with Gasteiger partial charge in [-0.15, -0.1) is 0 Å². The fourth-order valence-electron chi connectivity index (χ4n) is 3.60. The molecule has 0 saturated carbocycles. The number of likely N-dealkylation sites (tertiary alicyclic amines) is 1. The van der Waals surface area contributed by atoms with Crippen molar-refractivity contribution in [2.75, 3.05) is 13.1 Å². The summed E-state index contributed by atoms with van der Waals surface area (Å²) in [5, 5.41) is 3.11. The zero-order valence-electron chi connectivity index (χ0n) is 16.0. The van der Waals surface area contributed by atoms with E-state index in [1.165, 1.54) is 17.5 Å². The van der Waals surface area contributed by atoms with Gasteiger partial charge in [-0.2, -0.15) is 0 Å². The first-order valence-electron chi connectivity index (χ1n) is 9.52.